The lowest BCUT2D eigenvalue weighted by molar-refractivity contribution is 0.00671. The van der Waals surface area contributed by atoms with E-state index in [0.717, 1.165) is 22.1 Å². The fourth-order valence-electron chi connectivity index (χ4n) is 2.96. The Kier molecular flexibility index (Phi) is 4.13. The number of benzene rings is 4. The van der Waals surface area contributed by atoms with E-state index in [1.807, 2.05) is 54.6 Å². The van der Waals surface area contributed by atoms with E-state index in [4.69, 9.17) is 9.47 Å². The molecule has 2 heteroatoms. The van der Waals surface area contributed by atoms with Crippen molar-refractivity contribution in [2.45, 2.75) is 6.61 Å². The second-order valence-electron chi connectivity index (χ2n) is 5.74. The first kappa shape index (κ1) is 14.7. The smallest absolute Gasteiger partial charge is 0.189 e. The third-order valence-corrected chi connectivity index (χ3v) is 4.12. The minimum atomic E-state index is 0.229. The summed E-state index contributed by atoms with van der Waals surface area (Å²) in [6, 6.07) is 28.9. The van der Waals surface area contributed by atoms with Crippen LogP contribution in [0.5, 0.6) is 5.75 Å². The Hall–Kier alpha value is -2.84. The van der Waals surface area contributed by atoms with Gasteiger partial charge in [0.25, 0.3) is 0 Å². The SMILES string of the molecule is c1ccc(COCOc2c3ccccc3cc3ccccc23)cc1. The summed E-state index contributed by atoms with van der Waals surface area (Å²) in [6.45, 7) is 0.774. The zero-order valence-electron chi connectivity index (χ0n) is 13.3. The quantitative estimate of drug-likeness (QED) is 0.273. The maximum Gasteiger partial charge on any atom is 0.189 e. The van der Waals surface area contributed by atoms with E-state index in [1.165, 1.54) is 10.8 Å². The van der Waals surface area contributed by atoms with Gasteiger partial charge in [-0.3, -0.25) is 0 Å². The van der Waals surface area contributed by atoms with Gasteiger partial charge in [0.05, 0.1) is 6.61 Å². The first-order chi connectivity index (χ1) is 11.9. The fourth-order valence-corrected chi connectivity index (χ4v) is 2.96. The van der Waals surface area contributed by atoms with Crippen LogP contribution in [0.3, 0.4) is 0 Å². The van der Waals surface area contributed by atoms with E-state index in [0.29, 0.717) is 6.61 Å². The molecule has 0 amide bonds. The fraction of sp³-hybridized carbons (Fsp3) is 0.0909. The molecule has 0 atom stereocenters. The lowest BCUT2D eigenvalue weighted by atomic mass is 10.0. The Morgan fingerprint density at radius 3 is 1.88 bits per heavy atom. The molecule has 4 aromatic carbocycles. The molecule has 0 aliphatic heterocycles. The minimum Gasteiger partial charge on any atom is -0.466 e. The molecule has 0 bridgehead atoms. The summed E-state index contributed by atoms with van der Waals surface area (Å²) in [6.07, 6.45) is 0. The maximum atomic E-state index is 6.03. The summed E-state index contributed by atoms with van der Waals surface area (Å²) in [5.41, 5.74) is 1.14. The van der Waals surface area contributed by atoms with Crippen molar-refractivity contribution in [2.75, 3.05) is 6.79 Å². The molecule has 0 aliphatic rings. The predicted molar refractivity (Wildman–Crippen MR) is 98.2 cm³/mol. The zero-order valence-corrected chi connectivity index (χ0v) is 13.3. The van der Waals surface area contributed by atoms with Gasteiger partial charge in [-0.1, -0.05) is 78.9 Å². The molecule has 0 spiro atoms. The van der Waals surface area contributed by atoms with E-state index in [1.54, 1.807) is 0 Å². The number of hydrogen-bond donors (Lipinski definition) is 0. The highest BCUT2D eigenvalue weighted by atomic mass is 16.7. The maximum absolute atomic E-state index is 6.03. The van der Waals surface area contributed by atoms with E-state index in [-0.39, 0.29) is 6.79 Å². The molecule has 0 fully saturated rings. The largest absolute Gasteiger partial charge is 0.466 e. The van der Waals surface area contributed by atoms with Crippen molar-refractivity contribution < 1.29 is 9.47 Å². The summed E-state index contributed by atoms with van der Waals surface area (Å²) >= 11 is 0. The van der Waals surface area contributed by atoms with Crippen LogP contribution >= 0.6 is 0 Å². The molecule has 0 saturated heterocycles. The van der Waals surface area contributed by atoms with Crippen molar-refractivity contribution in [1.29, 1.82) is 0 Å². The van der Waals surface area contributed by atoms with Crippen molar-refractivity contribution in [3.05, 3.63) is 90.5 Å². The summed E-state index contributed by atoms with van der Waals surface area (Å²) < 4.78 is 11.7. The minimum absolute atomic E-state index is 0.229. The second kappa shape index (κ2) is 6.73. The average Bonchev–Trinajstić information content (AvgIpc) is 2.65. The standard InChI is InChI=1S/C22H18O2/c1-2-8-17(9-3-1)15-23-16-24-22-20-12-6-4-10-18(20)14-19-11-5-7-13-21(19)22/h1-14H,15-16H2. The third-order valence-electron chi connectivity index (χ3n) is 4.12. The molecule has 0 N–H and O–H groups in total. The van der Waals surface area contributed by atoms with Gasteiger partial charge in [0, 0.05) is 10.8 Å². The monoisotopic (exact) mass is 314 g/mol. The first-order valence-electron chi connectivity index (χ1n) is 8.07. The predicted octanol–water partition coefficient (Wildman–Crippen LogP) is 5.55. The highest BCUT2D eigenvalue weighted by Crippen LogP contribution is 2.34. The van der Waals surface area contributed by atoms with Gasteiger partial charge < -0.3 is 9.47 Å². The number of fused-ring (bicyclic) bond motifs is 2. The summed E-state index contributed by atoms with van der Waals surface area (Å²) in [5.74, 6) is 0.886. The van der Waals surface area contributed by atoms with Crippen LogP contribution in [0.4, 0.5) is 0 Å². The molecule has 0 radical (unpaired) electrons. The van der Waals surface area contributed by atoms with Crippen molar-refractivity contribution >= 4 is 21.5 Å². The van der Waals surface area contributed by atoms with E-state index >= 15 is 0 Å². The van der Waals surface area contributed by atoms with Gasteiger partial charge in [-0.15, -0.1) is 0 Å². The summed E-state index contributed by atoms with van der Waals surface area (Å²) in [4.78, 5) is 0. The van der Waals surface area contributed by atoms with Crippen LogP contribution in [-0.2, 0) is 11.3 Å². The van der Waals surface area contributed by atoms with Crippen LogP contribution < -0.4 is 4.74 Å². The Balaban J connectivity index is 1.59. The third kappa shape index (κ3) is 2.97. The van der Waals surface area contributed by atoms with Crippen molar-refractivity contribution in [2.24, 2.45) is 0 Å². The van der Waals surface area contributed by atoms with E-state index < -0.39 is 0 Å². The van der Waals surface area contributed by atoms with Gasteiger partial charge >= 0.3 is 0 Å². The molecule has 0 unspecified atom stereocenters. The second-order valence-corrected chi connectivity index (χ2v) is 5.74. The highest BCUT2D eigenvalue weighted by molar-refractivity contribution is 6.05. The topological polar surface area (TPSA) is 18.5 Å². The number of hydrogen-bond acceptors (Lipinski definition) is 2. The van der Waals surface area contributed by atoms with Crippen LogP contribution in [0.2, 0.25) is 0 Å². The zero-order chi connectivity index (χ0) is 16.2. The van der Waals surface area contributed by atoms with Crippen LogP contribution in [0.15, 0.2) is 84.9 Å². The molecule has 0 saturated carbocycles. The van der Waals surface area contributed by atoms with Crippen LogP contribution in [0.25, 0.3) is 21.5 Å². The van der Waals surface area contributed by atoms with Gasteiger partial charge in [-0.2, -0.15) is 0 Å². The lowest BCUT2D eigenvalue weighted by Crippen LogP contribution is -2.03. The van der Waals surface area contributed by atoms with Gasteiger partial charge in [0.1, 0.15) is 5.75 Å². The van der Waals surface area contributed by atoms with Crippen LogP contribution in [0.1, 0.15) is 5.56 Å². The molecule has 0 heterocycles. The first-order valence-corrected chi connectivity index (χ1v) is 8.07. The molecular weight excluding hydrogens is 296 g/mol. The molecule has 24 heavy (non-hydrogen) atoms. The average molecular weight is 314 g/mol. The van der Waals surface area contributed by atoms with Crippen molar-refractivity contribution in [3.8, 4) is 5.75 Å². The number of ether oxygens (including phenoxy) is 2. The normalized spacial score (nSPS) is 11.0. The molecule has 0 aliphatic carbocycles. The van der Waals surface area contributed by atoms with E-state index in [9.17, 15) is 0 Å². The van der Waals surface area contributed by atoms with Gasteiger partial charge in [-0.25, -0.2) is 0 Å². The molecule has 0 aromatic heterocycles. The Morgan fingerprint density at radius 2 is 1.21 bits per heavy atom. The van der Waals surface area contributed by atoms with E-state index in [2.05, 4.69) is 30.3 Å². The van der Waals surface area contributed by atoms with Crippen molar-refractivity contribution in [3.63, 3.8) is 0 Å². The Morgan fingerprint density at radius 1 is 0.625 bits per heavy atom. The number of rotatable bonds is 5. The molecule has 2 nitrogen and oxygen atoms in total. The Labute approximate surface area is 141 Å². The molecule has 4 rings (SSSR count). The van der Waals surface area contributed by atoms with Gasteiger partial charge in [0.15, 0.2) is 6.79 Å². The molecule has 4 aromatic rings. The molecular formula is C22H18O2. The van der Waals surface area contributed by atoms with Gasteiger partial charge in [-0.05, 0) is 22.4 Å². The van der Waals surface area contributed by atoms with Gasteiger partial charge in [0.2, 0.25) is 0 Å². The summed E-state index contributed by atoms with van der Waals surface area (Å²) in [5, 5.41) is 4.57. The summed E-state index contributed by atoms with van der Waals surface area (Å²) in [7, 11) is 0. The van der Waals surface area contributed by atoms with Crippen molar-refractivity contribution in [1.82, 2.24) is 0 Å². The lowest BCUT2D eigenvalue weighted by Gasteiger charge is -2.13. The van der Waals surface area contributed by atoms with Crippen LogP contribution in [-0.4, -0.2) is 6.79 Å². The highest BCUT2D eigenvalue weighted by Gasteiger charge is 2.08. The van der Waals surface area contributed by atoms with Crippen LogP contribution in [0, 0.1) is 0 Å². The Bertz CT molecular complexity index is 907. The molecule has 118 valence electrons.